The van der Waals surface area contributed by atoms with E-state index in [0.29, 0.717) is 5.71 Å². The molecule has 0 spiro atoms. The van der Waals surface area contributed by atoms with E-state index in [9.17, 15) is 13.0 Å². The number of hydrazone groups is 1. The Labute approximate surface area is 98.4 Å². The zero-order chi connectivity index (χ0) is 9.19. The van der Waals surface area contributed by atoms with E-state index in [4.69, 9.17) is 5.84 Å². The second-order valence-corrected chi connectivity index (χ2v) is 3.60. The van der Waals surface area contributed by atoms with Crippen LogP contribution >= 0.6 is 0 Å². The molecule has 1 aliphatic rings. The van der Waals surface area contributed by atoms with Crippen molar-refractivity contribution in [3.63, 3.8) is 0 Å². The molecule has 7 heteroatoms. The Bertz CT molecular complexity index is 369. The van der Waals surface area contributed by atoms with Crippen LogP contribution < -0.4 is 35.4 Å². The molecule has 1 aliphatic carbocycles. The van der Waals surface area contributed by atoms with Gasteiger partial charge >= 0.3 is 29.6 Å². The molecule has 0 heterocycles. The van der Waals surface area contributed by atoms with Gasteiger partial charge in [0.15, 0.2) is 0 Å². The molecule has 1 rings (SSSR count). The third-order valence-corrected chi connectivity index (χ3v) is 2.29. The SMILES string of the molecule is NN=C1C=CC(S(=O)(=O)[O-])=CC1.[Na+]. The van der Waals surface area contributed by atoms with Crippen molar-refractivity contribution in [3.05, 3.63) is 23.1 Å². The summed E-state index contributed by atoms with van der Waals surface area (Å²) in [6, 6.07) is 0. The van der Waals surface area contributed by atoms with E-state index >= 15 is 0 Å². The smallest absolute Gasteiger partial charge is 0.744 e. The number of allylic oxidation sites excluding steroid dienone is 3. The summed E-state index contributed by atoms with van der Waals surface area (Å²) in [5, 5.41) is 3.35. The van der Waals surface area contributed by atoms with Gasteiger partial charge < -0.3 is 10.4 Å². The Morgan fingerprint density at radius 1 is 1.46 bits per heavy atom. The number of nitrogens with zero attached hydrogens (tertiary/aromatic N) is 1. The van der Waals surface area contributed by atoms with Crippen molar-refractivity contribution in [2.24, 2.45) is 10.9 Å². The van der Waals surface area contributed by atoms with Gasteiger partial charge in [0.25, 0.3) is 0 Å². The predicted octanol–water partition coefficient (Wildman–Crippen LogP) is -3.31. The molecule has 0 saturated heterocycles. The van der Waals surface area contributed by atoms with Gasteiger partial charge in [-0.05, 0) is 12.2 Å². The van der Waals surface area contributed by atoms with Crippen molar-refractivity contribution in [1.29, 1.82) is 0 Å². The van der Waals surface area contributed by atoms with Crippen LogP contribution in [0.15, 0.2) is 28.2 Å². The third-order valence-electron chi connectivity index (χ3n) is 1.41. The van der Waals surface area contributed by atoms with Gasteiger partial charge in [-0.15, -0.1) is 0 Å². The van der Waals surface area contributed by atoms with Gasteiger partial charge in [-0.3, -0.25) is 0 Å². The molecule has 0 aromatic heterocycles. The Hall–Kier alpha value is -0.140. The number of hydrogen-bond donors (Lipinski definition) is 1. The van der Waals surface area contributed by atoms with Crippen LogP contribution in [0.5, 0.6) is 0 Å². The van der Waals surface area contributed by atoms with Gasteiger partial charge in [0.1, 0.15) is 10.1 Å². The first kappa shape index (κ1) is 12.9. The second kappa shape index (κ2) is 4.92. The van der Waals surface area contributed by atoms with Crippen LogP contribution in [-0.4, -0.2) is 18.7 Å². The van der Waals surface area contributed by atoms with Gasteiger partial charge in [0.05, 0.1) is 10.6 Å². The number of rotatable bonds is 1. The van der Waals surface area contributed by atoms with E-state index in [0.717, 1.165) is 0 Å². The molecule has 0 aromatic carbocycles. The van der Waals surface area contributed by atoms with Crippen LogP contribution in [0.2, 0.25) is 0 Å². The normalized spacial score (nSPS) is 19.5. The van der Waals surface area contributed by atoms with Crippen molar-refractivity contribution in [1.82, 2.24) is 0 Å². The summed E-state index contributed by atoms with van der Waals surface area (Å²) < 4.78 is 31.3. The molecule has 0 radical (unpaired) electrons. The van der Waals surface area contributed by atoms with E-state index in [1.807, 2.05) is 0 Å². The van der Waals surface area contributed by atoms with Gasteiger partial charge in [-0.25, -0.2) is 8.42 Å². The molecule has 0 unspecified atom stereocenters. The number of nitrogens with two attached hydrogens (primary N) is 1. The Morgan fingerprint density at radius 2 is 2.08 bits per heavy atom. The van der Waals surface area contributed by atoms with Crippen molar-refractivity contribution in [2.75, 3.05) is 0 Å². The first-order valence-corrected chi connectivity index (χ1v) is 4.56. The fourth-order valence-corrected chi connectivity index (χ4v) is 1.32. The van der Waals surface area contributed by atoms with E-state index in [2.05, 4.69) is 5.10 Å². The maximum absolute atomic E-state index is 10.4. The Kier molecular flexibility index (Phi) is 4.87. The minimum absolute atomic E-state index is 0. The van der Waals surface area contributed by atoms with Crippen LogP contribution in [0.1, 0.15) is 6.42 Å². The summed E-state index contributed by atoms with van der Waals surface area (Å²) in [6.07, 6.45) is 4.17. The van der Waals surface area contributed by atoms with Crippen molar-refractivity contribution in [2.45, 2.75) is 6.42 Å². The average molecular weight is 210 g/mol. The molecule has 0 fully saturated rings. The predicted molar refractivity (Wildman–Crippen MR) is 43.2 cm³/mol. The summed E-state index contributed by atoms with van der Waals surface area (Å²) in [5.41, 5.74) is 0.544. The van der Waals surface area contributed by atoms with Crippen LogP contribution in [0.3, 0.4) is 0 Å². The summed E-state index contributed by atoms with van der Waals surface area (Å²) in [6.45, 7) is 0. The fourth-order valence-electron chi connectivity index (χ4n) is 0.801. The molecule has 2 N–H and O–H groups in total. The van der Waals surface area contributed by atoms with Crippen molar-refractivity contribution in [3.8, 4) is 0 Å². The standard InChI is InChI=1S/C6H8N2O3S.Na/c7-8-5-1-3-6(4-2-5)12(9,10)11;/h1,3-4H,2,7H2,(H,9,10,11);/q;+1/p-1. The Morgan fingerprint density at radius 3 is 2.38 bits per heavy atom. The van der Waals surface area contributed by atoms with Gasteiger partial charge in [-0.2, -0.15) is 5.10 Å². The molecule has 0 bridgehead atoms. The maximum atomic E-state index is 10.4. The molecule has 0 saturated carbocycles. The third kappa shape index (κ3) is 3.61. The van der Waals surface area contributed by atoms with Crippen molar-refractivity contribution >= 4 is 15.8 Å². The first-order chi connectivity index (χ1) is 5.54. The average Bonchev–Trinajstić information content (AvgIpc) is 2.03. The van der Waals surface area contributed by atoms with E-state index in [-0.39, 0.29) is 40.9 Å². The van der Waals surface area contributed by atoms with E-state index in [1.54, 1.807) is 0 Å². The summed E-state index contributed by atoms with van der Waals surface area (Å²) in [4.78, 5) is -0.227. The molecule has 66 valence electrons. The molecule has 5 nitrogen and oxygen atoms in total. The summed E-state index contributed by atoms with van der Waals surface area (Å²) >= 11 is 0. The first-order valence-electron chi connectivity index (χ1n) is 3.15. The number of hydrogen-bond acceptors (Lipinski definition) is 5. The minimum atomic E-state index is -4.33. The molecule has 0 aromatic rings. The molecule has 0 amide bonds. The zero-order valence-electron chi connectivity index (χ0n) is 7.10. The maximum Gasteiger partial charge on any atom is 1.00 e. The summed E-state index contributed by atoms with van der Waals surface area (Å²) in [7, 11) is -4.33. The van der Waals surface area contributed by atoms with Crippen molar-refractivity contribution < 1.29 is 42.5 Å². The van der Waals surface area contributed by atoms with Crippen LogP contribution in [-0.2, 0) is 10.1 Å². The fraction of sp³-hybridized carbons (Fsp3) is 0.167. The van der Waals surface area contributed by atoms with Gasteiger partial charge in [0.2, 0.25) is 0 Å². The van der Waals surface area contributed by atoms with E-state index < -0.39 is 10.1 Å². The monoisotopic (exact) mass is 210 g/mol. The van der Waals surface area contributed by atoms with Crippen LogP contribution in [0, 0.1) is 0 Å². The quantitative estimate of drug-likeness (QED) is 0.212. The zero-order valence-corrected chi connectivity index (χ0v) is 9.91. The summed E-state index contributed by atoms with van der Waals surface area (Å²) in [5.74, 6) is 4.94. The largest absolute Gasteiger partial charge is 1.00 e. The van der Waals surface area contributed by atoms with Gasteiger partial charge in [0, 0.05) is 6.42 Å². The molecule has 0 atom stereocenters. The van der Waals surface area contributed by atoms with Crippen LogP contribution in [0.4, 0.5) is 0 Å². The molecule has 0 aliphatic heterocycles. The van der Waals surface area contributed by atoms with Crippen LogP contribution in [0.25, 0.3) is 0 Å². The topological polar surface area (TPSA) is 95.6 Å². The minimum Gasteiger partial charge on any atom is -0.744 e. The molecular formula is C6H7N2NaO3S. The Balaban J connectivity index is 0.00000144. The van der Waals surface area contributed by atoms with E-state index in [1.165, 1.54) is 18.2 Å². The second-order valence-electron chi connectivity index (χ2n) is 2.22. The molecule has 13 heavy (non-hydrogen) atoms. The molecular weight excluding hydrogens is 203 g/mol. The van der Waals surface area contributed by atoms with Gasteiger partial charge in [-0.1, -0.05) is 6.08 Å².